The molecule has 1 N–H and O–H groups in total. The monoisotopic (exact) mass is 269 g/mol. The van der Waals surface area contributed by atoms with E-state index in [0.29, 0.717) is 13.1 Å². The Hall–Kier alpha value is -0.710. The maximum absolute atomic E-state index is 12.2. The molecule has 4 heteroatoms. The molecule has 1 aromatic heterocycles. The number of Topliss-reactive ketones (excluding diaryl/α,β-unsaturated/α-hetero) is 1. The lowest BCUT2D eigenvalue weighted by Gasteiger charge is -2.27. The van der Waals surface area contributed by atoms with Crippen molar-refractivity contribution in [1.82, 2.24) is 4.90 Å². The number of hydrogen-bond donors (Lipinski definition) is 1. The lowest BCUT2D eigenvalue weighted by atomic mass is 10.1. The fourth-order valence-electron chi connectivity index (χ4n) is 2.02. The van der Waals surface area contributed by atoms with Gasteiger partial charge in [-0.05, 0) is 40.3 Å². The lowest BCUT2D eigenvalue weighted by molar-refractivity contribution is 0.0376. The van der Waals surface area contributed by atoms with E-state index in [-0.39, 0.29) is 5.78 Å². The van der Waals surface area contributed by atoms with E-state index in [1.165, 1.54) is 4.88 Å². The molecular weight excluding hydrogens is 246 g/mol. The first-order valence-corrected chi connectivity index (χ1v) is 7.09. The van der Waals surface area contributed by atoms with Gasteiger partial charge >= 0.3 is 0 Å². The van der Waals surface area contributed by atoms with Crippen LogP contribution in [0.2, 0.25) is 0 Å². The van der Waals surface area contributed by atoms with Crippen molar-refractivity contribution in [2.45, 2.75) is 40.2 Å². The summed E-state index contributed by atoms with van der Waals surface area (Å²) in [4.78, 5) is 16.4. The van der Waals surface area contributed by atoms with Crippen LogP contribution in [0.4, 0.5) is 0 Å². The van der Waals surface area contributed by atoms with Gasteiger partial charge in [0.2, 0.25) is 0 Å². The Kier molecular flexibility index (Phi) is 5.08. The van der Waals surface area contributed by atoms with Gasteiger partial charge in [-0.25, -0.2) is 0 Å². The average Bonchev–Trinajstić information content (AvgIpc) is 2.54. The zero-order valence-corrected chi connectivity index (χ0v) is 12.7. The second-order valence-electron chi connectivity index (χ2n) is 5.37. The van der Waals surface area contributed by atoms with Crippen LogP contribution in [0.3, 0.4) is 0 Å². The first-order chi connectivity index (χ1) is 8.23. The number of ketones is 1. The Morgan fingerprint density at radius 1 is 1.44 bits per heavy atom. The number of thiophene rings is 1. The van der Waals surface area contributed by atoms with Crippen LogP contribution < -0.4 is 0 Å². The Balaban J connectivity index is 2.71. The van der Waals surface area contributed by atoms with Crippen LogP contribution in [-0.4, -0.2) is 41.0 Å². The molecule has 1 heterocycles. The van der Waals surface area contributed by atoms with Crippen molar-refractivity contribution < 1.29 is 9.90 Å². The molecule has 0 saturated carbocycles. The van der Waals surface area contributed by atoms with Crippen molar-refractivity contribution in [3.8, 4) is 0 Å². The Labute approximate surface area is 113 Å². The summed E-state index contributed by atoms with van der Waals surface area (Å²) in [5.41, 5.74) is 0.0577. The summed E-state index contributed by atoms with van der Waals surface area (Å²) in [6.45, 7) is 11.2. The van der Waals surface area contributed by atoms with Gasteiger partial charge in [-0.3, -0.25) is 9.69 Å². The fourth-order valence-corrected chi connectivity index (χ4v) is 2.97. The number of likely N-dealkylation sites (N-methyl/N-ethyl adjacent to an activating group) is 1. The second-order valence-corrected chi connectivity index (χ2v) is 6.83. The Morgan fingerprint density at radius 3 is 2.44 bits per heavy atom. The third-order valence-corrected chi connectivity index (χ3v) is 3.73. The molecule has 0 fully saturated rings. The zero-order chi connectivity index (χ0) is 13.9. The van der Waals surface area contributed by atoms with E-state index in [4.69, 9.17) is 0 Å². The molecule has 0 amide bonds. The van der Waals surface area contributed by atoms with Crippen molar-refractivity contribution in [1.29, 1.82) is 0 Å². The smallest absolute Gasteiger partial charge is 0.177 e. The van der Waals surface area contributed by atoms with Gasteiger partial charge in [0.05, 0.1) is 12.1 Å². The predicted octanol–water partition coefficient (Wildman–Crippen LogP) is 2.64. The average molecular weight is 269 g/mol. The largest absolute Gasteiger partial charge is 0.389 e. The van der Waals surface area contributed by atoms with E-state index in [1.807, 2.05) is 31.7 Å². The normalized spacial score (nSPS) is 12.2. The first kappa shape index (κ1) is 15.3. The van der Waals surface area contributed by atoms with Gasteiger partial charge in [0.15, 0.2) is 5.78 Å². The zero-order valence-electron chi connectivity index (χ0n) is 11.9. The summed E-state index contributed by atoms with van der Waals surface area (Å²) in [5.74, 6) is 0.142. The molecule has 0 aliphatic carbocycles. The lowest BCUT2D eigenvalue weighted by Crippen LogP contribution is -2.41. The highest BCUT2D eigenvalue weighted by atomic mass is 32.1. The molecule has 0 radical (unpaired) electrons. The molecule has 102 valence electrons. The first-order valence-electron chi connectivity index (χ1n) is 6.28. The quantitative estimate of drug-likeness (QED) is 0.807. The Bertz CT molecular complexity index is 418. The van der Waals surface area contributed by atoms with Crippen LogP contribution in [0.15, 0.2) is 6.07 Å². The van der Waals surface area contributed by atoms with E-state index in [9.17, 15) is 9.90 Å². The van der Waals surface area contributed by atoms with Gasteiger partial charge < -0.3 is 5.11 Å². The highest BCUT2D eigenvalue weighted by Crippen LogP contribution is 2.21. The van der Waals surface area contributed by atoms with Crippen LogP contribution in [0, 0.1) is 13.8 Å². The molecular formula is C14H23NO2S. The van der Waals surface area contributed by atoms with E-state index in [0.717, 1.165) is 17.0 Å². The predicted molar refractivity (Wildman–Crippen MR) is 76.5 cm³/mol. The van der Waals surface area contributed by atoms with Crippen LogP contribution in [0.1, 0.15) is 40.9 Å². The molecule has 0 saturated heterocycles. The van der Waals surface area contributed by atoms with Crippen molar-refractivity contribution in [3.05, 3.63) is 21.4 Å². The molecule has 0 aliphatic rings. The standard InChI is InChI=1S/C14H23NO2S/c1-6-15(9-14(4,5)17)8-13(16)12-7-10(2)18-11(12)3/h7,17H,6,8-9H2,1-5H3. The topological polar surface area (TPSA) is 40.5 Å². The molecule has 0 atom stereocenters. The van der Waals surface area contributed by atoms with Gasteiger partial charge in [-0.1, -0.05) is 6.92 Å². The summed E-state index contributed by atoms with van der Waals surface area (Å²) >= 11 is 1.66. The fraction of sp³-hybridized carbons (Fsp3) is 0.643. The summed E-state index contributed by atoms with van der Waals surface area (Å²) in [5, 5.41) is 9.81. The minimum atomic E-state index is -0.768. The minimum Gasteiger partial charge on any atom is -0.389 e. The molecule has 0 aliphatic heterocycles. The highest BCUT2D eigenvalue weighted by Gasteiger charge is 2.20. The van der Waals surface area contributed by atoms with Crippen molar-refractivity contribution in [3.63, 3.8) is 0 Å². The summed E-state index contributed by atoms with van der Waals surface area (Å²) in [7, 11) is 0. The van der Waals surface area contributed by atoms with Gasteiger partial charge in [0, 0.05) is 21.9 Å². The second kappa shape index (κ2) is 5.95. The van der Waals surface area contributed by atoms with Crippen LogP contribution in [0.5, 0.6) is 0 Å². The molecule has 1 rings (SSSR count). The molecule has 0 bridgehead atoms. The van der Waals surface area contributed by atoms with Crippen LogP contribution >= 0.6 is 11.3 Å². The van der Waals surface area contributed by atoms with Crippen molar-refractivity contribution >= 4 is 17.1 Å². The van der Waals surface area contributed by atoms with E-state index in [1.54, 1.807) is 25.2 Å². The number of aliphatic hydroxyl groups is 1. The maximum Gasteiger partial charge on any atom is 0.177 e. The molecule has 0 spiro atoms. The number of carbonyl (C=O) groups excluding carboxylic acids is 1. The molecule has 18 heavy (non-hydrogen) atoms. The maximum atomic E-state index is 12.2. The minimum absolute atomic E-state index is 0.142. The number of carbonyl (C=O) groups is 1. The summed E-state index contributed by atoms with van der Waals surface area (Å²) in [6, 6.07) is 1.96. The Morgan fingerprint density at radius 2 is 2.06 bits per heavy atom. The van der Waals surface area contributed by atoms with Gasteiger partial charge in [0.25, 0.3) is 0 Å². The molecule has 3 nitrogen and oxygen atoms in total. The van der Waals surface area contributed by atoms with E-state index < -0.39 is 5.60 Å². The number of aryl methyl sites for hydroxylation is 2. The van der Waals surface area contributed by atoms with Crippen molar-refractivity contribution in [2.75, 3.05) is 19.6 Å². The number of rotatable bonds is 6. The number of hydrogen-bond acceptors (Lipinski definition) is 4. The molecule has 1 aromatic rings. The molecule has 0 unspecified atom stereocenters. The summed E-state index contributed by atoms with van der Waals surface area (Å²) < 4.78 is 0. The van der Waals surface area contributed by atoms with Gasteiger partial charge in [-0.2, -0.15) is 0 Å². The number of nitrogens with zero attached hydrogens (tertiary/aromatic N) is 1. The van der Waals surface area contributed by atoms with Crippen LogP contribution in [-0.2, 0) is 0 Å². The highest BCUT2D eigenvalue weighted by molar-refractivity contribution is 7.12. The van der Waals surface area contributed by atoms with Gasteiger partial charge in [0.1, 0.15) is 0 Å². The molecule has 0 aromatic carbocycles. The van der Waals surface area contributed by atoms with E-state index >= 15 is 0 Å². The summed E-state index contributed by atoms with van der Waals surface area (Å²) in [6.07, 6.45) is 0. The third-order valence-electron chi connectivity index (χ3n) is 2.77. The van der Waals surface area contributed by atoms with Gasteiger partial charge in [-0.15, -0.1) is 11.3 Å². The van der Waals surface area contributed by atoms with E-state index in [2.05, 4.69) is 0 Å². The van der Waals surface area contributed by atoms with Crippen LogP contribution in [0.25, 0.3) is 0 Å². The van der Waals surface area contributed by atoms with Crippen molar-refractivity contribution in [2.24, 2.45) is 0 Å². The SMILES string of the molecule is CCN(CC(=O)c1cc(C)sc1C)CC(C)(C)O. The third kappa shape index (κ3) is 4.52.